The van der Waals surface area contributed by atoms with Crippen molar-refractivity contribution in [1.82, 2.24) is 9.78 Å². The summed E-state index contributed by atoms with van der Waals surface area (Å²) in [6, 6.07) is 1.96. The molecular formula is C22H31N3O3S. The van der Waals surface area contributed by atoms with E-state index in [1.165, 1.54) is 21.8 Å². The minimum atomic E-state index is -0.886. The molecule has 0 saturated carbocycles. The topological polar surface area (TPSA) is 73.2 Å². The quantitative estimate of drug-likeness (QED) is 0.747. The zero-order chi connectivity index (χ0) is 21.5. The Morgan fingerprint density at radius 2 is 2.03 bits per heavy atom. The van der Waals surface area contributed by atoms with Crippen molar-refractivity contribution in [3.05, 3.63) is 32.8 Å². The third-order valence-corrected chi connectivity index (χ3v) is 7.14. The largest absolute Gasteiger partial charge is 0.448 e. The van der Waals surface area contributed by atoms with Gasteiger partial charge in [-0.3, -0.25) is 9.48 Å². The monoisotopic (exact) mass is 417 g/mol. The minimum Gasteiger partial charge on any atom is -0.448 e. The lowest BCUT2D eigenvalue weighted by Gasteiger charge is -2.33. The van der Waals surface area contributed by atoms with Crippen LogP contribution in [0.15, 0.2) is 6.07 Å². The predicted octanol–water partition coefficient (Wildman–Crippen LogP) is 4.43. The zero-order valence-electron chi connectivity index (χ0n) is 18.4. The predicted molar refractivity (Wildman–Crippen MR) is 115 cm³/mol. The molecule has 2 aromatic rings. The van der Waals surface area contributed by atoms with Gasteiger partial charge >= 0.3 is 5.97 Å². The van der Waals surface area contributed by atoms with Crippen molar-refractivity contribution in [2.45, 2.75) is 66.9 Å². The van der Waals surface area contributed by atoms with Gasteiger partial charge in [-0.25, -0.2) is 4.79 Å². The first-order valence-electron chi connectivity index (χ1n) is 10.1. The molecule has 6 nitrogen and oxygen atoms in total. The molecule has 29 heavy (non-hydrogen) atoms. The van der Waals surface area contributed by atoms with Crippen molar-refractivity contribution in [2.24, 2.45) is 18.4 Å². The minimum absolute atomic E-state index is 0.259. The van der Waals surface area contributed by atoms with E-state index in [1.807, 2.05) is 27.0 Å². The number of aromatic nitrogens is 2. The van der Waals surface area contributed by atoms with Gasteiger partial charge in [0.1, 0.15) is 4.88 Å². The highest BCUT2D eigenvalue weighted by Gasteiger charge is 2.31. The van der Waals surface area contributed by atoms with Gasteiger partial charge < -0.3 is 10.1 Å². The second kappa shape index (κ2) is 7.94. The van der Waals surface area contributed by atoms with Crippen molar-refractivity contribution < 1.29 is 14.3 Å². The average molecular weight is 418 g/mol. The number of hydrogen-bond donors (Lipinski definition) is 1. The Labute approximate surface area is 176 Å². The molecule has 158 valence electrons. The standard InChI is InChI=1S/C22H31N3O3S/c1-12-19(13(2)25(7)24-12)23-20(26)14(3)28-21(27)18-11-15-10-16(22(4,5)6)8-9-17(15)29-18/h11,14,16H,8-10H2,1-7H3,(H,23,26)/t14-,16-/m1/s1. The molecule has 1 amide bonds. The van der Waals surface area contributed by atoms with Crippen LogP contribution in [-0.2, 0) is 29.4 Å². The molecule has 1 aliphatic rings. The van der Waals surface area contributed by atoms with Crippen LogP contribution in [0.1, 0.15) is 65.6 Å². The number of ether oxygens (including phenoxy) is 1. The number of carbonyl (C=O) groups excluding carboxylic acids is 2. The highest BCUT2D eigenvalue weighted by atomic mass is 32.1. The number of rotatable bonds is 4. The molecule has 0 spiro atoms. The first kappa shape index (κ1) is 21.6. The molecule has 7 heteroatoms. The van der Waals surface area contributed by atoms with E-state index < -0.39 is 12.1 Å². The van der Waals surface area contributed by atoms with Crippen LogP contribution in [0.25, 0.3) is 0 Å². The van der Waals surface area contributed by atoms with Gasteiger partial charge in [-0.05, 0) is 63.0 Å². The number of anilines is 1. The molecule has 2 heterocycles. The summed E-state index contributed by atoms with van der Waals surface area (Å²) in [5, 5.41) is 7.12. The molecule has 2 atom stereocenters. The highest BCUT2D eigenvalue weighted by molar-refractivity contribution is 7.14. The summed E-state index contributed by atoms with van der Waals surface area (Å²) >= 11 is 1.50. The fourth-order valence-electron chi connectivity index (χ4n) is 3.81. The number of fused-ring (bicyclic) bond motifs is 1. The Bertz CT molecular complexity index is 936. The Balaban J connectivity index is 1.65. The van der Waals surface area contributed by atoms with Crippen LogP contribution in [0.5, 0.6) is 0 Å². The normalized spacial score (nSPS) is 17.6. The third kappa shape index (κ3) is 4.55. The SMILES string of the molecule is Cc1nn(C)c(C)c1NC(=O)[C@@H](C)OC(=O)c1cc2c(s1)CC[C@@H](C(C)(C)C)C2. The van der Waals surface area contributed by atoms with Crippen LogP contribution in [0, 0.1) is 25.2 Å². The van der Waals surface area contributed by atoms with Gasteiger partial charge in [0.05, 0.1) is 17.1 Å². The maximum Gasteiger partial charge on any atom is 0.349 e. The van der Waals surface area contributed by atoms with Crippen LogP contribution >= 0.6 is 11.3 Å². The number of aryl methyl sites for hydroxylation is 3. The zero-order valence-corrected chi connectivity index (χ0v) is 19.2. The lowest BCUT2D eigenvalue weighted by molar-refractivity contribution is -0.123. The van der Waals surface area contributed by atoms with E-state index in [2.05, 4.69) is 31.2 Å². The van der Waals surface area contributed by atoms with E-state index in [4.69, 9.17) is 4.74 Å². The maximum absolute atomic E-state index is 12.6. The van der Waals surface area contributed by atoms with E-state index in [-0.39, 0.29) is 11.3 Å². The van der Waals surface area contributed by atoms with Crippen molar-refractivity contribution in [3.8, 4) is 0 Å². The third-order valence-electron chi connectivity index (χ3n) is 5.92. The Morgan fingerprint density at radius 1 is 1.34 bits per heavy atom. The van der Waals surface area contributed by atoms with Crippen LogP contribution in [0.3, 0.4) is 0 Å². The molecule has 2 aromatic heterocycles. The molecular weight excluding hydrogens is 386 g/mol. The van der Waals surface area contributed by atoms with E-state index in [0.29, 0.717) is 16.5 Å². The first-order chi connectivity index (χ1) is 13.5. The molecule has 0 aromatic carbocycles. The van der Waals surface area contributed by atoms with Crippen molar-refractivity contribution in [2.75, 3.05) is 5.32 Å². The van der Waals surface area contributed by atoms with E-state index >= 15 is 0 Å². The van der Waals surface area contributed by atoms with Gasteiger partial charge in [-0.1, -0.05) is 20.8 Å². The molecule has 0 bridgehead atoms. The van der Waals surface area contributed by atoms with Gasteiger partial charge in [0, 0.05) is 11.9 Å². The second-order valence-electron chi connectivity index (χ2n) is 9.07. The van der Waals surface area contributed by atoms with Crippen LogP contribution in [-0.4, -0.2) is 27.8 Å². The number of carbonyl (C=O) groups is 2. The summed E-state index contributed by atoms with van der Waals surface area (Å²) < 4.78 is 7.17. The molecule has 0 radical (unpaired) electrons. The van der Waals surface area contributed by atoms with Gasteiger partial charge in [0.2, 0.25) is 0 Å². The van der Waals surface area contributed by atoms with Gasteiger partial charge in [0.25, 0.3) is 5.91 Å². The summed E-state index contributed by atoms with van der Waals surface area (Å²) in [4.78, 5) is 27.0. The molecule has 1 N–H and O–H groups in total. The van der Waals surface area contributed by atoms with Crippen LogP contribution in [0.2, 0.25) is 0 Å². The van der Waals surface area contributed by atoms with E-state index in [9.17, 15) is 9.59 Å². The lowest BCUT2D eigenvalue weighted by Crippen LogP contribution is -2.30. The Kier molecular flexibility index (Phi) is 5.90. The Hall–Kier alpha value is -2.15. The first-order valence-corrected chi connectivity index (χ1v) is 10.9. The fourth-order valence-corrected chi connectivity index (χ4v) is 4.91. The van der Waals surface area contributed by atoms with Gasteiger partial charge in [-0.15, -0.1) is 11.3 Å². The van der Waals surface area contributed by atoms with E-state index in [0.717, 1.165) is 30.7 Å². The van der Waals surface area contributed by atoms with Crippen molar-refractivity contribution >= 4 is 28.9 Å². The number of hydrogen-bond acceptors (Lipinski definition) is 5. The molecule has 3 rings (SSSR count). The number of amides is 1. The summed E-state index contributed by atoms with van der Waals surface area (Å²) in [6.07, 6.45) is 2.26. The summed E-state index contributed by atoms with van der Waals surface area (Å²) in [6.45, 7) is 12.1. The molecule has 1 aliphatic carbocycles. The second-order valence-corrected chi connectivity index (χ2v) is 10.2. The number of nitrogens with zero attached hydrogens (tertiary/aromatic N) is 2. The number of nitrogens with one attached hydrogen (secondary N) is 1. The van der Waals surface area contributed by atoms with Gasteiger partial charge in [-0.2, -0.15) is 5.10 Å². The van der Waals surface area contributed by atoms with Crippen LogP contribution < -0.4 is 5.32 Å². The lowest BCUT2D eigenvalue weighted by atomic mass is 9.72. The highest BCUT2D eigenvalue weighted by Crippen LogP contribution is 2.40. The molecule has 0 unspecified atom stereocenters. The number of thiophene rings is 1. The summed E-state index contributed by atoms with van der Waals surface area (Å²) in [5.41, 5.74) is 3.77. The molecule has 0 saturated heterocycles. The van der Waals surface area contributed by atoms with E-state index in [1.54, 1.807) is 11.6 Å². The van der Waals surface area contributed by atoms with Crippen LogP contribution in [0.4, 0.5) is 5.69 Å². The Morgan fingerprint density at radius 3 is 2.62 bits per heavy atom. The summed E-state index contributed by atoms with van der Waals surface area (Å²) in [7, 11) is 1.82. The smallest absolute Gasteiger partial charge is 0.349 e. The molecule has 0 aliphatic heterocycles. The summed E-state index contributed by atoms with van der Waals surface area (Å²) in [5.74, 6) is -0.171. The molecule has 0 fully saturated rings. The van der Waals surface area contributed by atoms with Crippen molar-refractivity contribution in [3.63, 3.8) is 0 Å². The average Bonchev–Trinajstić information content (AvgIpc) is 3.16. The van der Waals surface area contributed by atoms with Crippen molar-refractivity contribution in [1.29, 1.82) is 0 Å². The fraction of sp³-hybridized carbons (Fsp3) is 0.591. The number of esters is 1. The maximum atomic E-state index is 12.6. The van der Waals surface area contributed by atoms with Gasteiger partial charge in [0.15, 0.2) is 6.10 Å².